The van der Waals surface area contributed by atoms with Gasteiger partial charge in [-0.15, -0.1) is 0 Å². The molecule has 0 unspecified atom stereocenters. The van der Waals surface area contributed by atoms with Gasteiger partial charge in [-0.2, -0.15) is 5.26 Å². The molecule has 0 aliphatic heterocycles. The Morgan fingerprint density at radius 3 is 2.62 bits per heavy atom. The van der Waals surface area contributed by atoms with E-state index in [4.69, 9.17) is 5.26 Å². The molecule has 6 nitrogen and oxygen atoms in total. The Morgan fingerprint density at radius 1 is 1.15 bits per heavy atom. The number of anilines is 1. The van der Waals surface area contributed by atoms with Crippen LogP contribution in [0.3, 0.4) is 0 Å². The van der Waals surface area contributed by atoms with Gasteiger partial charge in [0.25, 0.3) is 0 Å². The second kappa shape index (κ2) is 8.51. The zero-order valence-corrected chi connectivity index (χ0v) is 14.3. The molecule has 0 spiro atoms. The van der Waals surface area contributed by atoms with Crippen LogP contribution in [-0.4, -0.2) is 20.9 Å². The smallest absolute Gasteiger partial charge is 0.243 e. The van der Waals surface area contributed by atoms with Gasteiger partial charge in [-0.25, -0.2) is 21.9 Å². The van der Waals surface area contributed by atoms with Gasteiger partial charge in [-0.1, -0.05) is 6.07 Å². The summed E-state index contributed by atoms with van der Waals surface area (Å²) in [6, 6.07) is 10.5. The molecule has 2 N–H and O–H groups in total. The van der Waals surface area contributed by atoms with Gasteiger partial charge in [0.05, 0.1) is 11.6 Å². The van der Waals surface area contributed by atoms with E-state index >= 15 is 0 Å². The van der Waals surface area contributed by atoms with E-state index in [1.807, 2.05) is 6.07 Å². The van der Waals surface area contributed by atoms with Crippen molar-refractivity contribution in [2.24, 2.45) is 0 Å². The monoisotopic (exact) mass is 379 g/mol. The van der Waals surface area contributed by atoms with Crippen molar-refractivity contribution >= 4 is 21.6 Å². The molecule has 0 heterocycles. The summed E-state index contributed by atoms with van der Waals surface area (Å²) >= 11 is 0. The van der Waals surface area contributed by atoms with Crippen molar-refractivity contribution < 1.29 is 22.0 Å². The predicted octanol–water partition coefficient (Wildman–Crippen LogP) is 2.53. The minimum absolute atomic E-state index is 0.0190. The highest BCUT2D eigenvalue weighted by atomic mass is 32.2. The third-order valence-corrected chi connectivity index (χ3v) is 4.83. The molecular formula is C17H15F2N3O3S. The average Bonchev–Trinajstić information content (AvgIpc) is 2.58. The molecule has 2 rings (SSSR count). The maximum absolute atomic E-state index is 13.5. The lowest BCUT2D eigenvalue weighted by Gasteiger charge is -2.08. The number of amides is 1. The number of carbonyl (C=O) groups is 1. The van der Waals surface area contributed by atoms with Crippen LogP contribution >= 0.6 is 0 Å². The Kier molecular flexibility index (Phi) is 6.38. The molecule has 0 atom stereocenters. The summed E-state index contributed by atoms with van der Waals surface area (Å²) in [5.41, 5.74) is 0.861. The van der Waals surface area contributed by atoms with Gasteiger partial charge in [0.15, 0.2) is 0 Å². The maximum Gasteiger partial charge on any atom is 0.243 e. The quantitative estimate of drug-likeness (QED) is 0.722. The van der Waals surface area contributed by atoms with Gasteiger partial charge in [0.2, 0.25) is 15.9 Å². The second-order valence-corrected chi connectivity index (χ2v) is 7.05. The summed E-state index contributed by atoms with van der Waals surface area (Å²) in [5.74, 6) is -2.42. The minimum atomic E-state index is -4.13. The standard InChI is InChI=1S/C17H15F2N3O3S/c18-13-6-7-16(15(19)10-13)26(24,25)21-8-2-5-17(23)22-14-4-1-3-12(9-14)11-20/h1,3-4,6-7,9-10,21H,2,5,8H2,(H,22,23). The molecule has 9 heteroatoms. The topological polar surface area (TPSA) is 99.1 Å². The van der Waals surface area contributed by atoms with Gasteiger partial charge in [-0.3, -0.25) is 4.79 Å². The lowest BCUT2D eigenvalue weighted by Crippen LogP contribution is -2.26. The molecule has 1 amide bonds. The highest BCUT2D eigenvalue weighted by molar-refractivity contribution is 7.89. The summed E-state index contributed by atoms with van der Waals surface area (Å²) < 4.78 is 52.5. The van der Waals surface area contributed by atoms with Gasteiger partial charge in [0.1, 0.15) is 16.5 Å². The summed E-state index contributed by atoms with van der Waals surface area (Å²) in [7, 11) is -4.13. The van der Waals surface area contributed by atoms with Crippen LogP contribution in [0.15, 0.2) is 47.4 Å². The first-order valence-corrected chi connectivity index (χ1v) is 9.05. The SMILES string of the molecule is N#Cc1cccc(NC(=O)CCCNS(=O)(=O)c2ccc(F)cc2F)c1. The molecule has 0 saturated heterocycles. The first kappa shape index (κ1) is 19.5. The number of carbonyl (C=O) groups excluding carboxylic acids is 1. The Balaban J connectivity index is 1.84. The first-order valence-electron chi connectivity index (χ1n) is 7.56. The molecule has 0 aliphatic rings. The lowest BCUT2D eigenvalue weighted by molar-refractivity contribution is -0.116. The molecule has 0 bridgehead atoms. The second-order valence-electron chi connectivity index (χ2n) is 5.32. The third kappa shape index (κ3) is 5.34. The van der Waals surface area contributed by atoms with Crippen molar-refractivity contribution in [3.63, 3.8) is 0 Å². The number of hydrogen-bond donors (Lipinski definition) is 2. The fraction of sp³-hybridized carbons (Fsp3) is 0.176. The van der Waals surface area contributed by atoms with E-state index in [0.717, 1.165) is 12.1 Å². The Hall–Kier alpha value is -2.83. The number of nitrogens with zero attached hydrogens (tertiary/aromatic N) is 1. The van der Waals surface area contributed by atoms with Gasteiger partial charge < -0.3 is 5.32 Å². The minimum Gasteiger partial charge on any atom is -0.326 e. The van der Waals surface area contributed by atoms with Crippen molar-refractivity contribution in [1.29, 1.82) is 5.26 Å². The van der Waals surface area contributed by atoms with Crippen molar-refractivity contribution in [2.75, 3.05) is 11.9 Å². The largest absolute Gasteiger partial charge is 0.326 e. The Labute approximate surface area is 149 Å². The summed E-state index contributed by atoms with van der Waals surface area (Å²) in [6.45, 7) is -0.0925. The number of halogens is 2. The number of benzene rings is 2. The van der Waals surface area contributed by atoms with E-state index < -0.39 is 26.6 Å². The Morgan fingerprint density at radius 2 is 1.92 bits per heavy atom. The first-order chi connectivity index (χ1) is 12.3. The fourth-order valence-corrected chi connectivity index (χ4v) is 3.25. The van der Waals surface area contributed by atoms with E-state index in [1.54, 1.807) is 18.2 Å². The zero-order chi connectivity index (χ0) is 19.2. The molecule has 26 heavy (non-hydrogen) atoms. The van der Waals surface area contributed by atoms with Crippen LogP contribution in [0, 0.1) is 23.0 Å². The summed E-state index contributed by atoms with van der Waals surface area (Å²) in [4.78, 5) is 11.2. The number of sulfonamides is 1. The Bertz CT molecular complexity index is 956. The van der Waals surface area contributed by atoms with Crippen LogP contribution in [0.2, 0.25) is 0 Å². The molecule has 2 aromatic carbocycles. The van der Waals surface area contributed by atoms with Crippen molar-refractivity contribution in [1.82, 2.24) is 4.72 Å². The zero-order valence-electron chi connectivity index (χ0n) is 13.5. The van der Waals surface area contributed by atoms with Crippen LogP contribution in [0.1, 0.15) is 18.4 Å². The van der Waals surface area contributed by atoms with Crippen molar-refractivity contribution in [3.8, 4) is 6.07 Å². The van der Waals surface area contributed by atoms with Gasteiger partial charge in [0, 0.05) is 24.7 Å². The lowest BCUT2D eigenvalue weighted by atomic mass is 10.2. The van der Waals surface area contributed by atoms with Crippen LogP contribution < -0.4 is 10.0 Å². The van der Waals surface area contributed by atoms with Crippen molar-refractivity contribution in [2.45, 2.75) is 17.7 Å². The molecule has 0 saturated carbocycles. The molecule has 136 valence electrons. The van der Waals surface area contributed by atoms with Crippen LogP contribution in [0.5, 0.6) is 0 Å². The van der Waals surface area contributed by atoms with E-state index in [1.165, 1.54) is 6.07 Å². The van der Waals surface area contributed by atoms with Crippen LogP contribution in [0.25, 0.3) is 0 Å². The highest BCUT2D eigenvalue weighted by Gasteiger charge is 2.19. The van der Waals surface area contributed by atoms with Crippen LogP contribution in [0.4, 0.5) is 14.5 Å². The highest BCUT2D eigenvalue weighted by Crippen LogP contribution is 2.15. The van der Waals surface area contributed by atoms with E-state index in [-0.39, 0.29) is 25.3 Å². The third-order valence-electron chi connectivity index (χ3n) is 3.33. The predicted molar refractivity (Wildman–Crippen MR) is 90.6 cm³/mol. The molecule has 0 aliphatic carbocycles. The van der Waals surface area contributed by atoms with Crippen LogP contribution in [-0.2, 0) is 14.8 Å². The van der Waals surface area contributed by atoms with E-state index in [9.17, 15) is 22.0 Å². The fourth-order valence-electron chi connectivity index (χ4n) is 2.12. The average molecular weight is 379 g/mol. The van der Waals surface area contributed by atoms with Crippen molar-refractivity contribution in [3.05, 3.63) is 59.7 Å². The number of rotatable bonds is 7. The molecule has 2 aromatic rings. The number of hydrogen-bond acceptors (Lipinski definition) is 4. The van der Waals surface area contributed by atoms with E-state index in [0.29, 0.717) is 17.3 Å². The molecule has 0 fully saturated rings. The maximum atomic E-state index is 13.5. The van der Waals surface area contributed by atoms with Gasteiger partial charge in [-0.05, 0) is 36.8 Å². The number of nitriles is 1. The molecular weight excluding hydrogens is 364 g/mol. The van der Waals surface area contributed by atoms with E-state index in [2.05, 4.69) is 10.0 Å². The summed E-state index contributed by atoms with van der Waals surface area (Å²) in [5, 5.41) is 11.4. The molecule has 0 aromatic heterocycles. The normalized spacial score (nSPS) is 11.0. The summed E-state index contributed by atoms with van der Waals surface area (Å²) in [6.07, 6.45) is 0.191. The van der Waals surface area contributed by atoms with Gasteiger partial charge >= 0.3 is 0 Å². The number of nitrogens with one attached hydrogen (secondary N) is 2. The molecule has 0 radical (unpaired) electrons.